The predicted molar refractivity (Wildman–Crippen MR) is 165 cm³/mol. The third-order valence-corrected chi connectivity index (χ3v) is 9.24. The Bertz CT molecular complexity index is 1330. The maximum atomic E-state index is 10.9. The van der Waals surface area contributed by atoms with Crippen molar-refractivity contribution in [2.24, 2.45) is 0 Å². The summed E-state index contributed by atoms with van der Waals surface area (Å²) in [6, 6.07) is 16.2. The number of benzene rings is 3. The highest BCUT2D eigenvalue weighted by Gasteiger charge is 2.40. The van der Waals surface area contributed by atoms with Crippen LogP contribution in [0.2, 0.25) is 0 Å². The molecule has 0 bridgehead atoms. The molecule has 3 N–H and O–H groups in total. The first-order valence-electron chi connectivity index (χ1n) is 14.9. The summed E-state index contributed by atoms with van der Waals surface area (Å²) in [6.45, 7) is 11.0. The van der Waals surface area contributed by atoms with Gasteiger partial charge in [0.25, 0.3) is 0 Å². The Morgan fingerprint density at radius 2 is 1.57 bits per heavy atom. The monoisotopic (exact) mass is 542 g/mol. The van der Waals surface area contributed by atoms with Gasteiger partial charge < -0.3 is 20.3 Å². The van der Waals surface area contributed by atoms with Crippen LogP contribution >= 0.6 is 0 Å². The molecule has 0 atom stereocenters. The quantitative estimate of drug-likeness (QED) is 0.288. The molecule has 214 valence electrons. The van der Waals surface area contributed by atoms with Crippen molar-refractivity contribution >= 4 is 5.69 Å². The van der Waals surface area contributed by atoms with E-state index in [0.29, 0.717) is 24.5 Å². The Labute approximate surface area is 240 Å². The molecule has 3 aromatic carbocycles. The Morgan fingerprint density at radius 3 is 2.27 bits per heavy atom. The molecule has 5 rings (SSSR count). The van der Waals surface area contributed by atoms with Crippen LogP contribution in [0.25, 0.3) is 11.1 Å². The van der Waals surface area contributed by atoms with Crippen LogP contribution < -0.4 is 15.2 Å². The van der Waals surface area contributed by atoms with Gasteiger partial charge in [-0.2, -0.15) is 0 Å². The first-order chi connectivity index (χ1) is 19.1. The summed E-state index contributed by atoms with van der Waals surface area (Å²) < 4.78 is 11.9. The molecule has 0 aromatic heterocycles. The fourth-order valence-electron chi connectivity index (χ4n) is 7.16. The first kappa shape index (κ1) is 28.4. The number of nitrogens with two attached hydrogens (primary N) is 1. The lowest BCUT2D eigenvalue weighted by molar-refractivity contribution is -0.0340. The van der Waals surface area contributed by atoms with Gasteiger partial charge in [-0.3, -0.25) is 4.90 Å². The number of aromatic hydroxyl groups is 1. The Hall–Kier alpha value is -3.18. The number of anilines is 1. The molecule has 0 amide bonds. The number of nitrogens with zero attached hydrogens (tertiary/aromatic N) is 1. The van der Waals surface area contributed by atoms with Crippen LogP contribution in [0.15, 0.2) is 48.5 Å². The average molecular weight is 543 g/mol. The molecule has 0 saturated carbocycles. The molecular formula is C35H46N2O3. The van der Waals surface area contributed by atoms with Crippen LogP contribution in [-0.2, 0) is 19.3 Å². The number of nitrogen functional groups attached to an aromatic ring is 1. The number of phenols is 1. The van der Waals surface area contributed by atoms with E-state index >= 15 is 0 Å². The number of methoxy groups -OCH3 is 1. The van der Waals surface area contributed by atoms with E-state index in [9.17, 15) is 5.11 Å². The Balaban J connectivity index is 1.32. The summed E-state index contributed by atoms with van der Waals surface area (Å²) in [5, 5.41) is 10.9. The zero-order valence-corrected chi connectivity index (χ0v) is 25.0. The number of aryl methyl sites for hydroxylation is 1. The number of phenolic OH excluding ortho intramolecular Hbond substituents is 1. The second-order valence-electron chi connectivity index (χ2n) is 12.8. The van der Waals surface area contributed by atoms with Crippen molar-refractivity contribution < 1.29 is 14.6 Å². The summed E-state index contributed by atoms with van der Waals surface area (Å²) in [5.74, 6) is 1.94. The van der Waals surface area contributed by atoms with E-state index in [2.05, 4.69) is 50.8 Å². The van der Waals surface area contributed by atoms with Crippen LogP contribution in [0, 0.1) is 0 Å². The number of likely N-dealkylation sites (tertiary alicyclic amines) is 1. The Kier molecular flexibility index (Phi) is 8.05. The van der Waals surface area contributed by atoms with E-state index in [1.807, 2.05) is 30.3 Å². The van der Waals surface area contributed by atoms with Crippen LogP contribution in [0.3, 0.4) is 0 Å². The normalized spacial score (nSPS) is 18.2. The van der Waals surface area contributed by atoms with Crippen LogP contribution in [0.4, 0.5) is 5.69 Å². The summed E-state index contributed by atoms with van der Waals surface area (Å²) in [6.07, 6.45) is 8.71. The predicted octanol–water partition coefficient (Wildman–Crippen LogP) is 7.54. The van der Waals surface area contributed by atoms with Gasteiger partial charge in [-0.1, -0.05) is 18.2 Å². The lowest BCUT2D eigenvalue weighted by atomic mass is 9.80. The molecule has 3 aromatic rings. The number of ether oxygens (including phenoxy) is 2. The fraction of sp³-hybridized carbons (Fsp3) is 0.486. The molecule has 0 unspecified atom stereocenters. The lowest BCUT2D eigenvalue weighted by Crippen LogP contribution is -2.59. The van der Waals surface area contributed by atoms with Gasteiger partial charge in [-0.05, 0) is 120 Å². The maximum Gasteiger partial charge on any atom is 0.124 e. The van der Waals surface area contributed by atoms with Crippen molar-refractivity contribution in [3.8, 4) is 28.4 Å². The van der Waals surface area contributed by atoms with Crippen molar-refractivity contribution in [1.29, 1.82) is 0 Å². The highest BCUT2D eigenvalue weighted by Crippen LogP contribution is 2.44. The molecule has 1 heterocycles. The van der Waals surface area contributed by atoms with E-state index in [1.165, 1.54) is 36.8 Å². The van der Waals surface area contributed by atoms with E-state index < -0.39 is 0 Å². The average Bonchev–Trinajstić information content (AvgIpc) is 2.92. The van der Waals surface area contributed by atoms with Gasteiger partial charge >= 0.3 is 0 Å². The van der Waals surface area contributed by atoms with E-state index in [1.54, 1.807) is 7.11 Å². The smallest absolute Gasteiger partial charge is 0.124 e. The molecule has 1 fully saturated rings. The lowest BCUT2D eigenvalue weighted by Gasteiger charge is -2.53. The second-order valence-corrected chi connectivity index (χ2v) is 12.8. The molecule has 2 aliphatic rings. The van der Waals surface area contributed by atoms with Gasteiger partial charge in [-0.25, -0.2) is 0 Å². The third kappa shape index (κ3) is 5.67. The number of rotatable bonds is 8. The number of piperidine rings is 1. The second kappa shape index (κ2) is 11.4. The number of hydrogen-bond donors (Lipinski definition) is 2. The van der Waals surface area contributed by atoms with E-state index in [-0.39, 0.29) is 11.1 Å². The van der Waals surface area contributed by atoms with Crippen molar-refractivity contribution in [2.45, 2.75) is 90.1 Å². The largest absolute Gasteiger partial charge is 0.507 e. The highest BCUT2D eigenvalue weighted by molar-refractivity contribution is 5.86. The van der Waals surface area contributed by atoms with Crippen LogP contribution in [0.5, 0.6) is 17.2 Å². The zero-order valence-electron chi connectivity index (χ0n) is 25.0. The number of hydrogen-bond acceptors (Lipinski definition) is 5. The molecule has 40 heavy (non-hydrogen) atoms. The molecule has 5 nitrogen and oxygen atoms in total. The third-order valence-electron chi connectivity index (χ3n) is 9.24. The molecule has 0 spiro atoms. The molecule has 0 radical (unpaired) electrons. The summed E-state index contributed by atoms with van der Waals surface area (Å²) >= 11 is 0. The van der Waals surface area contributed by atoms with Crippen molar-refractivity contribution in [2.75, 3.05) is 26.0 Å². The summed E-state index contributed by atoms with van der Waals surface area (Å²) in [5.41, 5.74) is 14.3. The molecular weight excluding hydrogens is 496 g/mol. The summed E-state index contributed by atoms with van der Waals surface area (Å²) in [4.78, 5) is 2.61. The maximum absolute atomic E-state index is 10.9. The van der Waals surface area contributed by atoms with Gasteiger partial charge in [-0.15, -0.1) is 0 Å². The van der Waals surface area contributed by atoms with Crippen molar-refractivity contribution in [3.05, 3.63) is 70.8 Å². The molecule has 1 aliphatic heterocycles. The van der Waals surface area contributed by atoms with Gasteiger partial charge in [0.2, 0.25) is 0 Å². The first-order valence-corrected chi connectivity index (χ1v) is 14.9. The van der Waals surface area contributed by atoms with Gasteiger partial charge in [0.1, 0.15) is 23.9 Å². The van der Waals surface area contributed by atoms with Gasteiger partial charge in [0.15, 0.2) is 0 Å². The highest BCUT2D eigenvalue weighted by atomic mass is 16.5. The minimum atomic E-state index is 0.193. The molecule has 5 heteroatoms. The summed E-state index contributed by atoms with van der Waals surface area (Å²) in [7, 11) is 1.68. The molecule has 1 aliphatic carbocycles. The van der Waals surface area contributed by atoms with Crippen LogP contribution in [0.1, 0.15) is 82.1 Å². The molecule has 1 saturated heterocycles. The Morgan fingerprint density at radius 1 is 0.875 bits per heavy atom. The van der Waals surface area contributed by atoms with Gasteiger partial charge in [0.05, 0.1) is 7.11 Å². The van der Waals surface area contributed by atoms with Crippen molar-refractivity contribution in [1.82, 2.24) is 4.90 Å². The minimum absolute atomic E-state index is 0.193. The van der Waals surface area contributed by atoms with Crippen LogP contribution in [-0.4, -0.2) is 41.3 Å². The fourth-order valence-corrected chi connectivity index (χ4v) is 7.16. The van der Waals surface area contributed by atoms with Crippen molar-refractivity contribution in [3.63, 3.8) is 0 Å². The van der Waals surface area contributed by atoms with E-state index in [0.717, 1.165) is 59.6 Å². The SMILES string of the molecule is COc1ccc(-c2c(O)ccc3c2CCCC3)c(N)c1Cc1ccc(OCCN2C(C)(C)CCCC2(C)C)cc1. The zero-order chi connectivity index (χ0) is 28.5. The minimum Gasteiger partial charge on any atom is -0.507 e. The van der Waals surface area contributed by atoms with E-state index in [4.69, 9.17) is 15.2 Å². The standard InChI is InChI=1S/C35H46N2O3/c1-34(2)19-8-20-35(3,4)37(34)21-22-40-26-14-11-24(12-15-26)23-29-31(39-5)18-16-28(33(29)36)32-27-10-7-6-9-25(27)13-17-30(32)38/h11-18,38H,6-10,19-23,36H2,1-5H3. The van der Waals surface area contributed by atoms with Gasteiger partial charge in [0, 0.05) is 46.4 Å². The topological polar surface area (TPSA) is 68.0 Å². The number of fused-ring (bicyclic) bond motifs is 1.